The number of anilines is 2. The highest BCUT2D eigenvalue weighted by Gasteiger charge is 2.25. The molecule has 1 aliphatic rings. The number of aliphatic carboxylic acids is 1. The van der Waals surface area contributed by atoms with Crippen LogP contribution in [0.4, 0.5) is 11.4 Å². The molecule has 0 unspecified atom stereocenters. The maximum atomic E-state index is 13.3. The van der Waals surface area contributed by atoms with E-state index in [1.165, 1.54) is 17.1 Å². The number of carbonyl (C=O) groups excluding carboxylic acids is 1. The largest absolute Gasteiger partial charge is 0.481 e. The Morgan fingerprint density at radius 2 is 1.80 bits per heavy atom. The van der Waals surface area contributed by atoms with E-state index in [2.05, 4.69) is 0 Å². The molecule has 30 heavy (non-hydrogen) atoms. The number of carboxylic acids is 1. The highest BCUT2D eigenvalue weighted by molar-refractivity contribution is 8.77. The summed E-state index contributed by atoms with van der Waals surface area (Å²) in [5, 5.41) is 10.7. The van der Waals surface area contributed by atoms with Gasteiger partial charge in [-0.25, -0.2) is 0 Å². The third-order valence-electron chi connectivity index (χ3n) is 4.88. The summed E-state index contributed by atoms with van der Waals surface area (Å²) in [5.41, 5.74) is 1.43. The molecular weight excluding hydrogens is 461 g/mol. The second-order valence-corrected chi connectivity index (χ2v) is 10.7. The zero-order chi connectivity index (χ0) is 21.5. The summed E-state index contributed by atoms with van der Waals surface area (Å²) in [6.45, 7) is 0. The van der Waals surface area contributed by atoms with Crippen LogP contribution in [-0.4, -0.2) is 28.0 Å². The molecule has 8 heteroatoms. The van der Waals surface area contributed by atoms with Crippen LogP contribution >= 0.6 is 44.8 Å². The number of halogens is 2. The molecule has 160 valence electrons. The van der Waals surface area contributed by atoms with Crippen molar-refractivity contribution in [3.63, 3.8) is 0 Å². The fraction of sp³-hybridized carbons (Fsp3) is 0.364. The van der Waals surface area contributed by atoms with Crippen molar-refractivity contribution in [1.82, 2.24) is 0 Å². The molecule has 1 atom stereocenters. The highest BCUT2D eigenvalue weighted by Crippen LogP contribution is 2.41. The highest BCUT2D eigenvalue weighted by atomic mass is 35.5. The molecule has 1 saturated heterocycles. The molecule has 1 heterocycles. The number of rotatable bonds is 9. The first-order chi connectivity index (χ1) is 14.5. The Kier molecular flexibility index (Phi) is 8.81. The summed E-state index contributed by atoms with van der Waals surface area (Å²) in [6, 6.07) is 12.1. The Morgan fingerprint density at radius 1 is 1.07 bits per heavy atom. The molecule has 1 aliphatic heterocycles. The first-order valence-electron chi connectivity index (χ1n) is 9.82. The lowest BCUT2D eigenvalue weighted by atomic mass is 10.1. The van der Waals surface area contributed by atoms with Gasteiger partial charge in [-0.15, -0.1) is 0 Å². The molecule has 0 aromatic heterocycles. The van der Waals surface area contributed by atoms with Crippen LogP contribution in [0.3, 0.4) is 0 Å². The average molecular weight is 484 g/mol. The van der Waals surface area contributed by atoms with Crippen molar-refractivity contribution in [3.05, 3.63) is 58.1 Å². The van der Waals surface area contributed by atoms with Crippen LogP contribution in [0.25, 0.3) is 0 Å². The van der Waals surface area contributed by atoms with Gasteiger partial charge < -0.3 is 5.11 Å². The van der Waals surface area contributed by atoms with E-state index >= 15 is 0 Å². The summed E-state index contributed by atoms with van der Waals surface area (Å²) in [6.07, 6.45) is 4.22. The molecule has 2 aromatic rings. The fourth-order valence-corrected chi connectivity index (χ4v) is 7.04. The van der Waals surface area contributed by atoms with Gasteiger partial charge in [0.25, 0.3) is 0 Å². The Morgan fingerprint density at radius 3 is 2.47 bits per heavy atom. The van der Waals surface area contributed by atoms with E-state index in [1.54, 1.807) is 42.5 Å². The van der Waals surface area contributed by atoms with Gasteiger partial charge in [-0.2, -0.15) is 0 Å². The van der Waals surface area contributed by atoms with Gasteiger partial charge in [-0.05, 0) is 43.0 Å². The summed E-state index contributed by atoms with van der Waals surface area (Å²) in [7, 11) is 3.86. The Hall–Kier alpha value is -1.34. The zero-order valence-electron chi connectivity index (χ0n) is 16.4. The van der Waals surface area contributed by atoms with Crippen molar-refractivity contribution in [2.75, 3.05) is 10.7 Å². The smallest absolute Gasteiger partial charge is 0.307 e. The number of hydrogen-bond donors (Lipinski definition) is 1. The van der Waals surface area contributed by atoms with E-state index in [0.717, 1.165) is 19.3 Å². The molecule has 4 nitrogen and oxygen atoms in total. The summed E-state index contributed by atoms with van der Waals surface area (Å²) in [4.78, 5) is 26.2. The molecule has 0 aliphatic carbocycles. The van der Waals surface area contributed by atoms with E-state index in [-0.39, 0.29) is 12.3 Å². The van der Waals surface area contributed by atoms with Crippen molar-refractivity contribution in [3.8, 4) is 0 Å². The number of hydrogen-bond acceptors (Lipinski definition) is 4. The van der Waals surface area contributed by atoms with Gasteiger partial charge in [0.2, 0.25) is 5.91 Å². The maximum Gasteiger partial charge on any atom is 0.307 e. The molecule has 2 aromatic carbocycles. The predicted octanol–water partition coefficient (Wildman–Crippen LogP) is 7.00. The SMILES string of the molecule is O=C(O)Cc1ccccc1N(C(=O)CCCC[C@@H]1CCSS1)c1c(Cl)cccc1Cl. The minimum Gasteiger partial charge on any atom is -0.481 e. The molecule has 1 amide bonds. The third kappa shape index (κ3) is 6.10. The molecule has 0 spiro atoms. The van der Waals surface area contributed by atoms with Gasteiger partial charge in [0.15, 0.2) is 0 Å². The normalized spacial score (nSPS) is 15.9. The number of carbonyl (C=O) groups is 2. The maximum absolute atomic E-state index is 13.3. The lowest BCUT2D eigenvalue weighted by molar-refractivity contribution is -0.136. The lowest BCUT2D eigenvalue weighted by Gasteiger charge is -2.27. The number of para-hydroxylation sites is 2. The zero-order valence-corrected chi connectivity index (χ0v) is 19.5. The van der Waals surface area contributed by atoms with Crippen LogP contribution in [0, 0.1) is 0 Å². The van der Waals surface area contributed by atoms with E-state index in [4.69, 9.17) is 23.2 Å². The first-order valence-corrected chi connectivity index (χ1v) is 13.0. The predicted molar refractivity (Wildman–Crippen MR) is 128 cm³/mol. The van der Waals surface area contributed by atoms with Crippen molar-refractivity contribution < 1.29 is 14.7 Å². The summed E-state index contributed by atoms with van der Waals surface area (Å²) < 4.78 is 0. The number of carboxylic acid groups (broad SMARTS) is 1. The van der Waals surface area contributed by atoms with E-state index in [1.807, 2.05) is 21.6 Å². The molecule has 0 saturated carbocycles. The Balaban J connectivity index is 1.85. The minimum atomic E-state index is -0.966. The first kappa shape index (κ1) is 23.3. The molecule has 0 radical (unpaired) electrons. The monoisotopic (exact) mass is 483 g/mol. The fourth-order valence-electron chi connectivity index (χ4n) is 3.45. The Labute approximate surface area is 194 Å². The number of amides is 1. The number of nitrogens with zero attached hydrogens (tertiary/aromatic N) is 1. The summed E-state index contributed by atoms with van der Waals surface area (Å²) in [5.74, 6) is 0.0938. The molecule has 0 bridgehead atoms. The standard InChI is InChI=1S/C22H23Cl2NO3S2/c23-17-8-5-9-18(24)22(17)25(19-10-3-1-6-15(19)14-21(27)28)20(26)11-4-2-7-16-12-13-29-30-16/h1,3,5-6,8-10,16H,2,4,7,11-14H2,(H,27,28)/t16-/m1/s1. The van der Waals surface area contributed by atoms with Gasteiger partial charge in [0, 0.05) is 17.4 Å². The van der Waals surface area contributed by atoms with E-state index < -0.39 is 5.97 Å². The average Bonchev–Trinajstić information content (AvgIpc) is 3.22. The third-order valence-corrected chi connectivity index (χ3v) is 8.50. The van der Waals surface area contributed by atoms with Crippen LogP contribution in [0.2, 0.25) is 10.0 Å². The second kappa shape index (κ2) is 11.3. The summed E-state index contributed by atoms with van der Waals surface area (Å²) >= 11 is 12.8. The molecule has 1 fully saturated rings. The van der Waals surface area contributed by atoms with Crippen LogP contribution in [0.15, 0.2) is 42.5 Å². The van der Waals surface area contributed by atoms with Crippen molar-refractivity contribution in [2.24, 2.45) is 0 Å². The van der Waals surface area contributed by atoms with Gasteiger partial charge >= 0.3 is 5.97 Å². The number of benzene rings is 2. The topological polar surface area (TPSA) is 57.6 Å². The van der Waals surface area contributed by atoms with E-state index in [9.17, 15) is 14.7 Å². The van der Waals surface area contributed by atoms with Crippen LogP contribution < -0.4 is 4.90 Å². The molecular formula is C22H23Cl2NO3S2. The van der Waals surface area contributed by atoms with Crippen LogP contribution in [0.5, 0.6) is 0 Å². The van der Waals surface area contributed by atoms with Crippen molar-refractivity contribution in [1.29, 1.82) is 0 Å². The van der Waals surface area contributed by atoms with Crippen LogP contribution in [-0.2, 0) is 16.0 Å². The number of unbranched alkanes of at least 4 members (excludes halogenated alkanes) is 1. The van der Waals surface area contributed by atoms with Gasteiger partial charge in [-0.1, -0.05) is 75.5 Å². The quantitative estimate of drug-likeness (QED) is 0.307. The molecule has 3 rings (SSSR count). The Bertz CT molecular complexity index is 883. The van der Waals surface area contributed by atoms with Gasteiger partial charge in [0.1, 0.15) is 0 Å². The van der Waals surface area contributed by atoms with Gasteiger partial charge in [0.05, 0.1) is 27.8 Å². The minimum absolute atomic E-state index is 0.142. The lowest BCUT2D eigenvalue weighted by Crippen LogP contribution is -2.27. The van der Waals surface area contributed by atoms with E-state index in [0.29, 0.717) is 38.7 Å². The van der Waals surface area contributed by atoms with Gasteiger partial charge in [-0.3, -0.25) is 14.5 Å². The van der Waals surface area contributed by atoms with Crippen molar-refractivity contribution >= 4 is 68.0 Å². The molecule has 1 N–H and O–H groups in total. The second-order valence-electron chi connectivity index (χ2n) is 7.07. The van der Waals surface area contributed by atoms with Crippen molar-refractivity contribution in [2.45, 2.75) is 43.8 Å². The van der Waals surface area contributed by atoms with Crippen LogP contribution in [0.1, 0.15) is 37.7 Å².